The second-order valence-corrected chi connectivity index (χ2v) is 2.23. The Kier molecular flexibility index (Phi) is 2.66. The smallest absolute Gasteiger partial charge is 0.192 e. The first-order chi connectivity index (χ1) is 4.12. The van der Waals surface area contributed by atoms with Crippen molar-refractivity contribution in [2.24, 2.45) is 5.41 Å². The standard InChI is InChI=1S/C7H8O2/c1-7(2,6-9)4-3-5-8/h5-6H,1-2H3. The van der Waals surface area contributed by atoms with Crippen molar-refractivity contribution in [1.29, 1.82) is 0 Å². The molecule has 0 saturated carbocycles. The van der Waals surface area contributed by atoms with Crippen molar-refractivity contribution in [3.8, 4) is 11.8 Å². The van der Waals surface area contributed by atoms with Gasteiger partial charge in [-0.3, -0.25) is 4.79 Å². The fourth-order valence-electron chi connectivity index (χ4n) is 0.245. The van der Waals surface area contributed by atoms with Crippen LogP contribution in [0.15, 0.2) is 0 Å². The van der Waals surface area contributed by atoms with Crippen LogP contribution in [0.25, 0.3) is 0 Å². The Morgan fingerprint density at radius 3 is 2.22 bits per heavy atom. The van der Waals surface area contributed by atoms with E-state index in [2.05, 4.69) is 11.8 Å². The summed E-state index contributed by atoms with van der Waals surface area (Å²) in [5, 5.41) is 0. The zero-order chi connectivity index (χ0) is 7.33. The van der Waals surface area contributed by atoms with Crippen LogP contribution >= 0.6 is 0 Å². The number of carbonyl (C=O) groups is 2. The van der Waals surface area contributed by atoms with Gasteiger partial charge in [0.25, 0.3) is 0 Å². The molecule has 0 aliphatic carbocycles. The van der Waals surface area contributed by atoms with Crippen LogP contribution in [0, 0.1) is 17.3 Å². The molecular weight excluding hydrogens is 116 g/mol. The average molecular weight is 124 g/mol. The molecule has 0 aliphatic rings. The van der Waals surface area contributed by atoms with Crippen molar-refractivity contribution in [3.63, 3.8) is 0 Å². The highest BCUT2D eigenvalue weighted by atomic mass is 16.1. The number of aldehydes is 2. The first kappa shape index (κ1) is 7.90. The van der Waals surface area contributed by atoms with Crippen molar-refractivity contribution in [1.82, 2.24) is 0 Å². The molecule has 0 aromatic heterocycles. The first-order valence-corrected chi connectivity index (χ1v) is 2.55. The largest absolute Gasteiger partial charge is 0.302 e. The molecule has 2 heteroatoms. The molecular formula is C7H8O2. The summed E-state index contributed by atoms with van der Waals surface area (Å²) in [5.74, 6) is 4.65. The van der Waals surface area contributed by atoms with Gasteiger partial charge in [0, 0.05) is 0 Å². The fourth-order valence-corrected chi connectivity index (χ4v) is 0.245. The van der Waals surface area contributed by atoms with E-state index in [1.165, 1.54) is 0 Å². The maximum atomic E-state index is 10.1. The lowest BCUT2D eigenvalue weighted by molar-refractivity contribution is -0.112. The summed E-state index contributed by atoms with van der Waals surface area (Å²) < 4.78 is 0. The number of carbonyl (C=O) groups excluding carboxylic acids is 2. The predicted octanol–water partition coefficient (Wildman–Crippen LogP) is 0.414. The highest BCUT2D eigenvalue weighted by Gasteiger charge is 2.10. The maximum Gasteiger partial charge on any atom is 0.192 e. The van der Waals surface area contributed by atoms with Crippen molar-refractivity contribution in [3.05, 3.63) is 0 Å². The molecule has 0 unspecified atom stereocenters. The molecule has 0 bridgehead atoms. The number of rotatable bonds is 1. The van der Waals surface area contributed by atoms with E-state index in [1.807, 2.05) is 0 Å². The molecule has 0 aromatic carbocycles. The summed E-state index contributed by atoms with van der Waals surface area (Å²) in [6.45, 7) is 3.30. The van der Waals surface area contributed by atoms with E-state index >= 15 is 0 Å². The Bertz CT molecular complexity index is 169. The van der Waals surface area contributed by atoms with Crippen LogP contribution < -0.4 is 0 Å². The van der Waals surface area contributed by atoms with Crippen molar-refractivity contribution in [2.75, 3.05) is 0 Å². The molecule has 0 N–H and O–H groups in total. The van der Waals surface area contributed by atoms with E-state index in [0.717, 1.165) is 0 Å². The molecule has 0 amide bonds. The van der Waals surface area contributed by atoms with Crippen LogP contribution in [-0.2, 0) is 9.59 Å². The normalized spacial score (nSPS) is 9.11. The Labute approximate surface area is 54.3 Å². The van der Waals surface area contributed by atoms with Crippen LogP contribution in [0.5, 0.6) is 0 Å². The highest BCUT2D eigenvalue weighted by molar-refractivity contribution is 5.75. The number of hydrogen-bond acceptors (Lipinski definition) is 2. The van der Waals surface area contributed by atoms with Gasteiger partial charge in [-0.1, -0.05) is 5.92 Å². The van der Waals surface area contributed by atoms with Crippen LogP contribution in [0.2, 0.25) is 0 Å². The van der Waals surface area contributed by atoms with Crippen molar-refractivity contribution >= 4 is 12.6 Å². The van der Waals surface area contributed by atoms with Gasteiger partial charge in [-0.15, -0.1) is 0 Å². The maximum absolute atomic E-state index is 10.1. The van der Waals surface area contributed by atoms with E-state index in [1.54, 1.807) is 13.8 Å². The first-order valence-electron chi connectivity index (χ1n) is 2.55. The topological polar surface area (TPSA) is 34.1 Å². The summed E-state index contributed by atoms with van der Waals surface area (Å²) in [4.78, 5) is 19.8. The molecule has 0 radical (unpaired) electrons. The van der Waals surface area contributed by atoms with Crippen LogP contribution in [-0.4, -0.2) is 12.6 Å². The van der Waals surface area contributed by atoms with Crippen LogP contribution in [0.4, 0.5) is 0 Å². The molecule has 0 atom stereocenters. The lowest BCUT2D eigenvalue weighted by Crippen LogP contribution is -2.08. The summed E-state index contributed by atoms with van der Waals surface area (Å²) in [7, 11) is 0. The zero-order valence-electron chi connectivity index (χ0n) is 5.47. The van der Waals surface area contributed by atoms with Gasteiger partial charge < -0.3 is 4.79 Å². The van der Waals surface area contributed by atoms with Crippen molar-refractivity contribution < 1.29 is 9.59 Å². The van der Waals surface area contributed by atoms with Gasteiger partial charge in [-0.05, 0) is 19.8 Å². The third-order valence-electron chi connectivity index (χ3n) is 0.748. The van der Waals surface area contributed by atoms with Crippen LogP contribution in [0.1, 0.15) is 13.8 Å². The SMILES string of the molecule is CC(C)(C#CC=O)C=O. The Balaban J connectivity index is 4.16. The predicted molar refractivity (Wildman–Crippen MR) is 33.7 cm³/mol. The van der Waals surface area contributed by atoms with E-state index in [0.29, 0.717) is 12.6 Å². The summed E-state index contributed by atoms with van der Waals surface area (Å²) in [5.41, 5.74) is -0.680. The zero-order valence-corrected chi connectivity index (χ0v) is 5.47. The molecule has 0 aromatic rings. The molecule has 2 nitrogen and oxygen atoms in total. The van der Waals surface area contributed by atoms with Crippen LogP contribution in [0.3, 0.4) is 0 Å². The van der Waals surface area contributed by atoms with Gasteiger partial charge in [0.05, 0.1) is 5.41 Å². The second kappa shape index (κ2) is 3.03. The lowest BCUT2D eigenvalue weighted by atomic mass is 9.97. The third-order valence-corrected chi connectivity index (χ3v) is 0.748. The molecule has 0 spiro atoms. The quantitative estimate of drug-likeness (QED) is 0.375. The van der Waals surface area contributed by atoms with E-state index in [-0.39, 0.29) is 0 Å². The minimum Gasteiger partial charge on any atom is -0.302 e. The lowest BCUT2D eigenvalue weighted by Gasteiger charge is -2.03. The Morgan fingerprint density at radius 1 is 1.33 bits per heavy atom. The molecule has 0 heterocycles. The van der Waals surface area contributed by atoms with Gasteiger partial charge in [0.1, 0.15) is 6.29 Å². The molecule has 0 fully saturated rings. The van der Waals surface area contributed by atoms with Gasteiger partial charge in [-0.2, -0.15) is 0 Å². The van der Waals surface area contributed by atoms with E-state index < -0.39 is 5.41 Å². The summed E-state index contributed by atoms with van der Waals surface area (Å²) in [6, 6.07) is 0. The van der Waals surface area contributed by atoms with Gasteiger partial charge in [0.15, 0.2) is 6.29 Å². The van der Waals surface area contributed by atoms with Gasteiger partial charge >= 0.3 is 0 Å². The molecule has 0 rings (SSSR count). The minimum absolute atomic E-state index is 0.477. The van der Waals surface area contributed by atoms with Crippen molar-refractivity contribution in [2.45, 2.75) is 13.8 Å². The number of hydrogen-bond donors (Lipinski definition) is 0. The van der Waals surface area contributed by atoms with Gasteiger partial charge in [-0.25, -0.2) is 0 Å². The monoisotopic (exact) mass is 124 g/mol. The third kappa shape index (κ3) is 3.48. The second-order valence-electron chi connectivity index (χ2n) is 2.23. The molecule has 9 heavy (non-hydrogen) atoms. The Morgan fingerprint density at radius 2 is 1.89 bits per heavy atom. The molecule has 0 saturated heterocycles. The molecule has 0 aliphatic heterocycles. The minimum atomic E-state index is -0.680. The van der Waals surface area contributed by atoms with Gasteiger partial charge in [0.2, 0.25) is 0 Å². The van der Waals surface area contributed by atoms with E-state index in [4.69, 9.17) is 0 Å². The highest BCUT2D eigenvalue weighted by Crippen LogP contribution is 2.06. The molecule has 48 valence electrons. The summed E-state index contributed by atoms with van der Waals surface area (Å²) >= 11 is 0. The fraction of sp³-hybridized carbons (Fsp3) is 0.429. The Hall–Kier alpha value is -1.10. The summed E-state index contributed by atoms with van der Waals surface area (Å²) in [6.07, 6.45) is 1.19. The average Bonchev–Trinajstić information content (AvgIpc) is 1.84. The van der Waals surface area contributed by atoms with E-state index in [9.17, 15) is 9.59 Å².